The summed E-state index contributed by atoms with van der Waals surface area (Å²) in [7, 11) is 3.24. The summed E-state index contributed by atoms with van der Waals surface area (Å²) in [5.41, 5.74) is 7.56. The normalized spacial score (nSPS) is 20.6. The number of rotatable bonds is 6. The molecule has 4 bridgehead atoms. The number of pyridine rings is 2. The van der Waals surface area contributed by atoms with Gasteiger partial charge in [-0.3, -0.25) is 9.80 Å². The van der Waals surface area contributed by atoms with Gasteiger partial charge in [-0.05, 0) is 115 Å². The van der Waals surface area contributed by atoms with Crippen LogP contribution in [0.15, 0.2) is 85.7 Å². The van der Waals surface area contributed by atoms with Crippen LogP contribution in [0.4, 0.5) is 21.0 Å². The first-order valence-corrected chi connectivity index (χ1v) is 22.1. The van der Waals surface area contributed by atoms with Crippen molar-refractivity contribution in [1.82, 2.24) is 39.0 Å². The Hall–Kier alpha value is -6.58. The SMILES string of the molecule is COc1cc(-c2cc3c(N4CC5CCC(C4)N5C(=O)OC(C)(C)C)ccnn3c2)ccn1.COc1cc(-c2cc3c(N4CC5CCC(C4)N5C(=O)OC(C)(C)C)ccnn3c2)ccn1. The fourth-order valence-corrected chi connectivity index (χ4v) is 9.68. The van der Waals surface area contributed by atoms with Gasteiger partial charge in [0.2, 0.25) is 11.8 Å². The molecular formula is C48H58N10O6. The third kappa shape index (κ3) is 8.69. The summed E-state index contributed by atoms with van der Waals surface area (Å²) in [6, 6.07) is 16.9. The van der Waals surface area contributed by atoms with E-state index in [0.717, 1.165) is 96.5 Å². The first kappa shape index (κ1) is 42.7. The summed E-state index contributed by atoms with van der Waals surface area (Å²) in [5, 5.41) is 9.04. The fourth-order valence-electron chi connectivity index (χ4n) is 9.68. The Balaban J connectivity index is 0.000000162. The van der Waals surface area contributed by atoms with E-state index >= 15 is 0 Å². The first-order chi connectivity index (χ1) is 30.6. The van der Waals surface area contributed by atoms with Gasteiger partial charge in [0.1, 0.15) is 11.2 Å². The maximum atomic E-state index is 12.8. The molecule has 0 aliphatic carbocycles. The number of ether oxygens (including phenoxy) is 4. The van der Waals surface area contributed by atoms with Crippen molar-refractivity contribution in [2.75, 3.05) is 50.2 Å². The van der Waals surface area contributed by atoms with E-state index in [-0.39, 0.29) is 36.4 Å². The van der Waals surface area contributed by atoms with Gasteiger partial charge in [0.15, 0.2) is 0 Å². The summed E-state index contributed by atoms with van der Waals surface area (Å²) in [4.78, 5) is 42.7. The largest absolute Gasteiger partial charge is 0.481 e. The lowest BCUT2D eigenvalue weighted by atomic mass is 10.1. The lowest BCUT2D eigenvalue weighted by Crippen LogP contribution is -2.56. The van der Waals surface area contributed by atoms with E-state index in [4.69, 9.17) is 18.9 Å². The number of aromatic nitrogens is 6. The molecule has 6 aromatic rings. The minimum atomic E-state index is -0.483. The topological polar surface area (TPSA) is 144 Å². The van der Waals surface area contributed by atoms with Gasteiger partial charge in [0, 0.05) is 86.6 Å². The summed E-state index contributed by atoms with van der Waals surface area (Å²) in [6.45, 7) is 14.7. The zero-order valence-electron chi connectivity index (χ0n) is 38.0. The molecule has 4 fully saturated rings. The number of nitrogens with zero attached hydrogens (tertiary/aromatic N) is 10. The molecule has 0 radical (unpaired) electrons. The number of anilines is 2. The Morgan fingerprint density at radius 1 is 0.531 bits per heavy atom. The van der Waals surface area contributed by atoms with Crippen LogP contribution in [-0.2, 0) is 9.47 Å². The number of carbonyl (C=O) groups is 2. The van der Waals surface area contributed by atoms with E-state index in [1.165, 1.54) is 0 Å². The van der Waals surface area contributed by atoms with Crippen LogP contribution in [0.1, 0.15) is 67.2 Å². The molecule has 2 amide bonds. The van der Waals surface area contributed by atoms with Crippen molar-refractivity contribution < 1.29 is 28.5 Å². The van der Waals surface area contributed by atoms with Crippen LogP contribution >= 0.6 is 0 Å². The number of hydrogen-bond acceptors (Lipinski definition) is 12. The average Bonchev–Trinajstić information content (AvgIpc) is 4.03. The standard InChI is InChI=1S/2C24H29N5O3/c2*1-24(2,3)32-23(30)29-18-5-6-19(29)15-27(14-18)20-8-10-26-28-13-17(11-21(20)28)16-7-9-25-22(12-16)31-4/h2*7-13,18-19H,5-6,14-15H2,1-4H3. The molecule has 336 valence electrons. The smallest absolute Gasteiger partial charge is 0.410 e. The number of carbonyl (C=O) groups excluding carboxylic acids is 2. The second-order valence-electron chi connectivity index (χ2n) is 19.1. The highest BCUT2D eigenvalue weighted by Gasteiger charge is 2.46. The van der Waals surface area contributed by atoms with Gasteiger partial charge in [-0.2, -0.15) is 10.2 Å². The van der Waals surface area contributed by atoms with Crippen LogP contribution in [0.3, 0.4) is 0 Å². The van der Waals surface area contributed by atoms with Crippen LogP contribution in [0.25, 0.3) is 33.3 Å². The Kier molecular flexibility index (Phi) is 11.2. The minimum Gasteiger partial charge on any atom is -0.481 e. The van der Waals surface area contributed by atoms with Gasteiger partial charge >= 0.3 is 12.2 Å². The second kappa shape index (κ2) is 16.8. The van der Waals surface area contributed by atoms with Crippen LogP contribution in [-0.4, -0.2) is 127 Å². The van der Waals surface area contributed by atoms with Gasteiger partial charge < -0.3 is 28.7 Å². The number of hydrogen-bond donors (Lipinski definition) is 0. The van der Waals surface area contributed by atoms with Crippen molar-refractivity contribution in [3.63, 3.8) is 0 Å². The molecule has 4 atom stereocenters. The van der Waals surface area contributed by atoms with Crippen molar-refractivity contribution in [2.24, 2.45) is 0 Å². The maximum Gasteiger partial charge on any atom is 0.410 e. The van der Waals surface area contributed by atoms with Gasteiger partial charge in [-0.1, -0.05) is 0 Å². The van der Waals surface area contributed by atoms with E-state index in [1.807, 2.05) is 109 Å². The molecule has 16 nitrogen and oxygen atoms in total. The molecule has 4 unspecified atom stereocenters. The van der Waals surface area contributed by atoms with Crippen LogP contribution in [0, 0.1) is 0 Å². The molecule has 4 saturated heterocycles. The van der Waals surface area contributed by atoms with Gasteiger partial charge in [-0.25, -0.2) is 28.6 Å². The predicted molar refractivity (Wildman–Crippen MR) is 244 cm³/mol. The lowest BCUT2D eigenvalue weighted by molar-refractivity contribution is 0.0112. The van der Waals surface area contributed by atoms with E-state index in [1.54, 1.807) is 26.6 Å². The number of piperazine rings is 2. The lowest BCUT2D eigenvalue weighted by Gasteiger charge is -2.42. The Morgan fingerprint density at radius 2 is 0.906 bits per heavy atom. The molecule has 6 aromatic heterocycles. The highest BCUT2D eigenvalue weighted by Crippen LogP contribution is 2.38. The Labute approximate surface area is 373 Å². The molecule has 0 aromatic carbocycles. The maximum absolute atomic E-state index is 12.8. The average molecular weight is 871 g/mol. The van der Waals surface area contributed by atoms with Crippen LogP contribution < -0.4 is 19.3 Å². The van der Waals surface area contributed by atoms with Crippen molar-refractivity contribution in [3.05, 3.63) is 85.7 Å². The molecule has 4 aliphatic heterocycles. The first-order valence-electron chi connectivity index (χ1n) is 22.1. The molecule has 10 rings (SSSR count). The summed E-state index contributed by atoms with van der Waals surface area (Å²) < 4.78 is 25.7. The Bertz CT molecular complexity index is 2460. The van der Waals surface area contributed by atoms with E-state index in [2.05, 4.69) is 54.2 Å². The van der Waals surface area contributed by atoms with E-state index in [9.17, 15) is 9.59 Å². The zero-order chi connectivity index (χ0) is 44.9. The van der Waals surface area contributed by atoms with Gasteiger partial charge in [0.05, 0.1) is 60.8 Å². The zero-order valence-corrected chi connectivity index (χ0v) is 38.0. The molecule has 64 heavy (non-hydrogen) atoms. The highest BCUT2D eigenvalue weighted by atomic mass is 16.6. The summed E-state index contributed by atoms with van der Waals surface area (Å²) >= 11 is 0. The van der Waals surface area contributed by atoms with Crippen molar-refractivity contribution in [2.45, 2.75) is 103 Å². The second-order valence-corrected chi connectivity index (χ2v) is 19.1. The number of methoxy groups -OCH3 is 2. The van der Waals surface area contributed by atoms with Crippen molar-refractivity contribution >= 4 is 34.6 Å². The van der Waals surface area contributed by atoms with Crippen molar-refractivity contribution in [1.29, 1.82) is 0 Å². The molecule has 0 saturated carbocycles. The number of amides is 2. The molecule has 0 spiro atoms. The van der Waals surface area contributed by atoms with Crippen LogP contribution in [0.2, 0.25) is 0 Å². The molecular weight excluding hydrogens is 813 g/mol. The molecule has 4 aliphatic rings. The quantitative estimate of drug-likeness (QED) is 0.160. The van der Waals surface area contributed by atoms with Crippen LogP contribution in [0.5, 0.6) is 11.8 Å². The minimum absolute atomic E-state index is 0.163. The van der Waals surface area contributed by atoms with E-state index in [0.29, 0.717) is 11.8 Å². The highest BCUT2D eigenvalue weighted by molar-refractivity contribution is 5.82. The monoisotopic (exact) mass is 870 g/mol. The van der Waals surface area contributed by atoms with Gasteiger partial charge in [0.25, 0.3) is 0 Å². The third-order valence-electron chi connectivity index (χ3n) is 12.4. The fraction of sp³-hybridized carbons (Fsp3) is 0.458. The van der Waals surface area contributed by atoms with Crippen molar-refractivity contribution in [3.8, 4) is 34.0 Å². The summed E-state index contributed by atoms with van der Waals surface area (Å²) in [5.74, 6) is 1.17. The molecule has 16 heteroatoms. The third-order valence-corrected chi connectivity index (χ3v) is 12.4. The molecule has 0 N–H and O–H groups in total. The summed E-state index contributed by atoms with van der Waals surface area (Å²) in [6.07, 6.45) is 14.9. The molecule has 10 heterocycles. The predicted octanol–water partition coefficient (Wildman–Crippen LogP) is 7.99. The number of fused-ring (bicyclic) bond motifs is 6. The van der Waals surface area contributed by atoms with E-state index < -0.39 is 11.2 Å². The van der Waals surface area contributed by atoms with Gasteiger partial charge in [-0.15, -0.1) is 0 Å². The Morgan fingerprint density at radius 3 is 1.25 bits per heavy atom.